The van der Waals surface area contributed by atoms with E-state index in [1.807, 2.05) is 59.7 Å². The van der Waals surface area contributed by atoms with E-state index in [2.05, 4.69) is 29.6 Å². The van der Waals surface area contributed by atoms with Gasteiger partial charge in [-0.3, -0.25) is 4.57 Å². The predicted molar refractivity (Wildman–Crippen MR) is 144 cm³/mol. The molecule has 3 aromatic rings. The Labute approximate surface area is 228 Å². The molecule has 1 amide bonds. The molecule has 0 bridgehead atoms. The summed E-state index contributed by atoms with van der Waals surface area (Å²) >= 11 is 0. The fraction of sp³-hybridized carbons (Fsp3) is 0.500. The SMILES string of the molecule is CC(C)(C)OC(=O)c1cccc(N2Cn3c(-c4ccncn4)nnc3C23CCN(C(=O)OC(C)(C)C)CC3)c1. The molecule has 0 saturated carbocycles. The fourth-order valence-electron chi connectivity index (χ4n) is 5.14. The molecule has 39 heavy (non-hydrogen) atoms. The van der Waals surface area contributed by atoms with E-state index in [0.29, 0.717) is 49.7 Å². The molecule has 1 saturated heterocycles. The maximum absolute atomic E-state index is 12.9. The second kappa shape index (κ2) is 9.62. The summed E-state index contributed by atoms with van der Waals surface area (Å²) in [5, 5.41) is 9.14. The van der Waals surface area contributed by atoms with E-state index in [1.165, 1.54) is 6.33 Å². The zero-order valence-electron chi connectivity index (χ0n) is 23.3. The number of esters is 1. The zero-order valence-corrected chi connectivity index (χ0v) is 23.3. The van der Waals surface area contributed by atoms with E-state index in [9.17, 15) is 9.59 Å². The molecule has 0 radical (unpaired) electrons. The average Bonchev–Trinajstić information content (AvgIpc) is 3.42. The van der Waals surface area contributed by atoms with Crippen LogP contribution in [0, 0.1) is 0 Å². The molecule has 2 aliphatic heterocycles. The number of hydrogen-bond acceptors (Lipinski definition) is 9. The molecular formula is C28H35N7O4. The van der Waals surface area contributed by atoms with Crippen molar-refractivity contribution < 1.29 is 19.1 Å². The molecular weight excluding hydrogens is 498 g/mol. The number of benzene rings is 1. The highest BCUT2D eigenvalue weighted by molar-refractivity contribution is 5.91. The minimum Gasteiger partial charge on any atom is -0.456 e. The summed E-state index contributed by atoms with van der Waals surface area (Å²) in [6.07, 6.45) is 4.08. The lowest BCUT2D eigenvalue weighted by molar-refractivity contribution is 0.00675. The highest BCUT2D eigenvalue weighted by Gasteiger charge is 2.51. The molecule has 2 aliphatic rings. The highest BCUT2D eigenvalue weighted by Crippen LogP contribution is 2.46. The van der Waals surface area contributed by atoms with Gasteiger partial charge in [-0.2, -0.15) is 0 Å². The summed E-state index contributed by atoms with van der Waals surface area (Å²) in [6.45, 7) is 12.6. The molecule has 0 atom stereocenters. The first kappa shape index (κ1) is 26.6. The average molecular weight is 534 g/mol. The third-order valence-electron chi connectivity index (χ3n) is 6.81. The Hall–Kier alpha value is -4.02. The van der Waals surface area contributed by atoms with E-state index in [4.69, 9.17) is 9.47 Å². The number of aromatic nitrogens is 5. The van der Waals surface area contributed by atoms with Crippen LogP contribution in [-0.4, -0.2) is 66.0 Å². The van der Waals surface area contributed by atoms with Crippen LogP contribution >= 0.6 is 0 Å². The molecule has 0 unspecified atom stereocenters. The Kier molecular flexibility index (Phi) is 6.56. The van der Waals surface area contributed by atoms with Crippen LogP contribution in [0.4, 0.5) is 10.5 Å². The number of nitrogens with zero attached hydrogens (tertiary/aromatic N) is 7. The van der Waals surface area contributed by atoms with Crippen LogP contribution in [0.25, 0.3) is 11.5 Å². The Morgan fingerprint density at radius 1 is 0.949 bits per heavy atom. The monoisotopic (exact) mass is 533 g/mol. The van der Waals surface area contributed by atoms with Crippen LogP contribution in [0.15, 0.2) is 42.9 Å². The first-order valence-electron chi connectivity index (χ1n) is 13.2. The van der Waals surface area contributed by atoms with Crippen molar-refractivity contribution in [2.45, 2.75) is 77.8 Å². The van der Waals surface area contributed by atoms with E-state index < -0.39 is 16.7 Å². The second-order valence-electron chi connectivity index (χ2n) is 12.0. The van der Waals surface area contributed by atoms with Gasteiger partial charge in [-0.15, -0.1) is 10.2 Å². The first-order valence-corrected chi connectivity index (χ1v) is 13.2. The summed E-state index contributed by atoms with van der Waals surface area (Å²) in [7, 11) is 0. The second-order valence-corrected chi connectivity index (χ2v) is 12.0. The van der Waals surface area contributed by atoms with Crippen molar-refractivity contribution in [3.63, 3.8) is 0 Å². The number of amides is 1. The molecule has 4 heterocycles. The number of piperidine rings is 1. The smallest absolute Gasteiger partial charge is 0.410 e. The number of hydrogen-bond donors (Lipinski definition) is 0. The van der Waals surface area contributed by atoms with E-state index in [-0.39, 0.29) is 12.1 Å². The van der Waals surface area contributed by atoms with Crippen molar-refractivity contribution in [3.05, 3.63) is 54.2 Å². The summed E-state index contributed by atoms with van der Waals surface area (Å²) in [6, 6.07) is 9.28. The quantitative estimate of drug-likeness (QED) is 0.452. The fourth-order valence-corrected chi connectivity index (χ4v) is 5.14. The van der Waals surface area contributed by atoms with Gasteiger partial charge in [0.25, 0.3) is 0 Å². The van der Waals surface area contributed by atoms with Crippen molar-refractivity contribution in [2.75, 3.05) is 18.0 Å². The number of fused-ring (bicyclic) bond motifs is 2. The minimum absolute atomic E-state index is 0.322. The molecule has 1 fully saturated rings. The lowest BCUT2D eigenvalue weighted by Gasteiger charge is -2.44. The van der Waals surface area contributed by atoms with Gasteiger partial charge in [-0.1, -0.05) is 6.07 Å². The standard InChI is InChI=1S/C28H35N7O4/c1-26(2,3)38-23(36)19-8-7-9-20(16-19)35-18-34-22(21-10-13-29-17-30-21)31-32-24(34)28(35)11-14-33(15-12-28)25(37)39-27(4,5)6/h7-10,13,16-17H,11-12,14-15,18H2,1-6H3. The van der Waals surface area contributed by atoms with Crippen LogP contribution in [0.2, 0.25) is 0 Å². The number of ether oxygens (including phenoxy) is 2. The highest BCUT2D eigenvalue weighted by atomic mass is 16.6. The molecule has 5 rings (SSSR count). The maximum Gasteiger partial charge on any atom is 0.410 e. The van der Waals surface area contributed by atoms with Crippen LogP contribution in [0.5, 0.6) is 0 Å². The third kappa shape index (κ3) is 5.30. The van der Waals surface area contributed by atoms with Gasteiger partial charge in [-0.25, -0.2) is 19.6 Å². The Morgan fingerprint density at radius 3 is 2.31 bits per heavy atom. The normalized spacial score (nSPS) is 16.8. The Balaban J connectivity index is 1.50. The third-order valence-corrected chi connectivity index (χ3v) is 6.81. The van der Waals surface area contributed by atoms with Gasteiger partial charge in [0.15, 0.2) is 11.6 Å². The number of anilines is 1. The van der Waals surface area contributed by atoms with Crippen molar-refractivity contribution >= 4 is 17.7 Å². The van der Waals surface area contributed by atoms with Crippen LogP contribution in [0.1, 0.15) is 70.6 Å². The molecule has 2 aromatic heterocycles. The van der Waals surface area contributed by atoms with E-state index in [1.54, 1.807) is 23.2 Å². The van der Waals surface area contributed by atoms with Crippen molar-refractivity contribution in [1.82, 2.24) is 29.6 Å². The molecule has 0 aliphatic carbocycles. The van der Waals surface area contributed by atoms with Crippen LogP contribution < -0.4 is 4.90 Å². The summed E-state index contributed by atoms with van der Waals surface area (Å²) in [4.78, 5) is 38.1. The summed E-state index contributed by atoms with van der Waals surface area (Å²) < 4.78 is 13.3. The van der Waals surface area contributed by atoms with Crippen molar-refractivity contribution in [1.29, 1.82) is 0 Å². The number of rotatable bonds is 3. The van der Waals surface area contributed by atoms with Crippen LogP contribution in [-0.2, 0) is 21.7 Å². The van der Waals surface area contributed by atoms with Gasteiger partial charge in [0.1, 0.15) is 28.8 Å². The van der Waals surface area contributed by atoms with E-state index in [0.717, 1.165) is 11.5 Å². The maximum atomic E-state index is 12.9. The van der Waals surface area contributed by atoms with Gasteiger partial charge in [-0.05, 0) is 78.6 Å². The lowest BCUT2D eigenvalue weighted by atomic mass is 9.85. The number of carbonyl (C=O) groups is 2. The first-order chi connectivity index (χ1) is 18.4. The molecule has 11 nitrogen and oxygen atoms in total. The topological polar surface area (TPSA) is 116 Å². The summed E-state index contributed by atoms with van der Waals surface area (Å²) in [5.74, 6) is 1.08. The van der Waals surface area contributed by atoms with Crippen molar-refractivity contribution in [2.24, 2.45) is 0 Å². The predicted octanol–water partition coefficient (Wildman–Crippen LogP) is 4.39. The van der Waals surface area contributed by atoms with Gasteiger partial charge < -0.3 is 19.3 Å². The van der Waals surface area contributed by atoms with Crippen LogP contribution in [0.3, 0.4) is 0 Å². The summed E-state index contributed by atoms with van der Waals surface area (Å²) in [5.41, 5.74) is 0.306. The van der Waals surface area contributed by atoms with Gasteiger partial charge in [0, 0.05) is 25.0 Å². The van der Waals surface area contributed by atoms with Crippen molar-refractivity contribution in [3.8, 4) is 11.5 Å². The number of likely N-dealkylation sites (tertiary alicyclic amines) is 1. The molecule has 0 N–H and O–H groups in total. The van der Waals surface area contributed by atoms with E-state index >= 15 is 0 Å². The Morgan fingerprint density at radius 2 is 1.67 bits per heavy atom. The largest absolute Gasteiger partial charge is 0.456 e. The van der Waals surface area contributed by atoms with Gasteiger partial charge >= 0.3 is 12.1 Å². The minimum atomic E-state index is -0.600. The zero-order chi connectivity index (χ0) is 28.0. The lowest BCUT2D eigenvalue weighted by Crippen LogP contribution is -2.52. The molecule has 11 heteroatoms. The van der Waals surface area contributed by atoms with Gasteiger partial charge in [0.05, 0.1) is 12.2 Å². The van der Waals surface area contributed by atoms with Gasteiger partial charge in [0.2, 0.25) is 0 Å². The molecule has 206 valence electrons. The Bertz CT molecular complexity index is 1370. The molecule has 1 spiro atoms. The number of carbonyl (C=O) groups excluding carboxylic acids is 2. The molecule has 1 aromatic carbocycles.